The molecule has 0 atom stereocenters. The van der Waals surface area contributed by atoms with Crippen molar-refractivity contribution in [2.24, 2.45) is 5.73 Å². The first-order chi connectivity index (χ1) is 5.54. The summed E-state index contributed by atoms with van der Waals surface area (Å²) in [4.78, 5) is 10.7. The molecule has 1 heterocycles. The van der Waals surface area contributed by atoms with Gasteiger partial charge in [0.1, 0.15) is 11.4 Å². The van der Waals surface area contributed by atoms with Crippen LogP contribution in [0.2, 0.25) is 0 Å². The van der Waals surface area contributed by atoms with Crippen LogP contribution in [-0.2, 0) is 0 Å². The van der Waals surface area contributed by atoms with Gasteiger partial charge in [-0.2, -0.15) is 5.10 Å². The van der Waals surface area contributed by atoms with Crippen LogP contribution in [0.3, 0.4) is 0 Å². The molecule has 0 aromatic carbocycles. The molecular formula is C7H13N4O+. The number of carbonyl (C=O) groups excluding carboxylic acids is 1. The van der Waals surface area contributed by atoms with Gasteiger partial charge in [0.15, 0.2) is 0 Å². The molecule has 0 aliphatic heterocycles. The second kappa shape index (κ2) is 2.84. The van der Waals surface area contributed by atoms with Gasteiger partial charge in [0.05, 0.1) is 0 Å². The Hall–Kier alpha value is -1.52. The minimum Gasteiger partial charge on any atom is -0.391 e. The van der Waals surface area contributed by atoms with Gasteiger partial charge in [-0.15, -0.1) is 5.10 Å². The van der Waals surface area contributed by atoms with Gasteiger partial charge >= 0.3 is 11.6 Å². The molecule has 5 heteroatoms. The fourth-order valence-electron chi connectivity index (χ4n) is 1.05. The van der Waals surface area contributed by atoms with Crippen LogP contribution in [-0.4, -0.2) is 11.0 Å². The molecule has 1 aromatic heterocycles. The molecule has 1 aromatic rings. The first-order valence-electron chi connectivity index (χ1n) is 3.72. The molecule has 0 spiro atoms. The van der Waals surface area contributed by atoms with Gasteiger partial charge in [0.25, 0.3) is 0 Å². The average molecular weight is 169 g/mol. The third-order valence-corrected chi connectivity index (χ3v) is 1.71. The van der Waals surface area contributed by atoms with Crippen molar-refractivity contribution in [3.05, 3.63) is 11.4 Å². The number of hydrogen-bond acceptors (Lipinski definition) is 2. The van der Waals surface area contributed by atoms with Crippen molar-refractivity contribution in [1.29, 1.82) is 0 Å². The Morgan fingerprint density at radius 1 is 1.58 bits per heavy atom. The van der Waals surface area contributed by atoms with Gasteiger partial charge in [-0.3, -0.25) is 4.79 Å². The van der Waals surface area contributed by atoms with E-state index in [-0.39, 0.29) is 11.6 Å². The van der Waals surface area contributed by atoms with Gasteiger partial charge < -0.3 is 11.5 Å². The third-order valence-electron chi connectivity index (χ3n) is 1.71. The Morgan fingerprint density at radius 2 is 2.17 bits per heavy atom. The van der Waals surface area contributed by atoms with Gasteiger partial charge in [0.2, 0.25) is 0 Å². The molecule has 0 saturated heterocycles. The quantitative estimate of drug-likeness (QED) is 0.563. The van der Waals surface area contributed by atoms with Gasteiger partial charge in [-0.1, -0.05) is 13.8 Å². The number of H-pyrrole nitrogens is 2. The van der Waals surface area contributed by atoms with Crippen LogP contribution in [0.15, 0.2) is 0 Å². The van der Waals surface area contributed by atoms with Crippen molar-refractivity contribution in [3.63, 3.8) is 0 Å². The standard InChI is InChI=1S/C7H12N4O/c1-3(2)5-4(8)6(7(9)12)11-10-5/h3H,8H2,1-2H3,(H2,9,12)(H,10,11)/p+1. The van der Waals surface area contributed by atoms with Gasteiger partial charge in [-0.25, -0.2) is 0 Å². The van der Waals surface area contributed by atoms with E-state index in [0.29, 0.717) is 5.69 Å². The van der Waals surface area contributed by atoms with Gasteiger partial charge in [0, 0.05) is 5.92 Å². The highest BCUT2D eigenvalue weighted by Crippen LogP contribution is 2.19. The Morgan fingerprint density at radius 3 is 2.42 bits per heavy atom. The minimum atomic E-state index is -0.546. The number of nitrogens with one attached hydrogen (secondary N) is 2. The molecule has 0 aliphatic rings. The smallest absolute Gasteiger partial charge is 0.318 e. The van der Waals surface area contributed by atoms with E-state index in [1.165, 1.54) is 0 Å². The second-order valence-corrected chi connectivity index (χ2v) is 2.97. The summed E-state index contributed by atoms with van der Waals surface area (Å²) < 4.78 is 0. The molecule has 0 unspecified atom stereocenters. The number of carbonyl (C=O) groups is 1. The van der Waals surface area contributed by atoms with Crippen molar-refractivity contribution < 1.29 is 9.89 Å². The summed E-state index contributed by atoms with van der Waals surface area (Å²) in [5, 5.41) is 5.43. The lowest BCUT2D eigenvalue weighted by atomic mass is 10.1. The number of aromatic amines is 2. The first-order valence-corrected chi connectivity index (χ1v) is 3.72. The van der Waals surface area contributed by atoms with E-state index in [1.807, 2.05) is 13.8 Å². The van der Waals surface area contributed by atoms with Crippen LogP contribution >= 0.6 is 0 Å². The fraction of sp³-hybridized carbons (Fsp3) is 0.429. The molecule has 0 fully saturated rings. The number of nitrogen functional groups attached to an aromatic ring is 1. The predicted molar refractivity (Wildman–Crippen MR) is 44.4 cm³/mol. The number of amides is 1. The van der Waals surface area contributed by atoms with E-state index in [1.54, 1.807) is 0 Å². The highest BCUT2D eigenvalue weighted by molar-refractivity contribution is 5.94. The molecule has 1 amide bonds. The fourth-order valence-corrected chi connectivity index (χ4v) is 1.05. The van der Waals surface area contributed by atoms with E-state index in [2.05, 4.69) is 10.2 Å². The van der Waals surface area contributed by atoms with Crippen molar-refractivity contribution in [2.45, 2.75) is 19.8 Å². The number of primary amides is 1. The molecule has 12 heavy (non-hydrogen) atoms. The first kappa shape index (κ1) is 8.58. The molecule has 0 radical (unpaired) electrons. The Balaban J connectivity index is 3.13. The highest BCUT2D eigenvalue weighted by atomic mass is 16.1. The van der Waals surface area contributed by atoms with Crippen molar-refractivity contribution in [1.82, 2.24) is 5.10 Å². The molecule has 0 saturated carbocycles. The maximum atomic E-state index is 10.7. The minimum absolute atomic E-state index is 0.245. The summed E-state index contributed by atoms with van der Waals surface area (Å²) in [6, 6.07) is 0. The summed E-state index contributed by atoms with van der Waals surface area (Å²) in [6.07, 6.45) is 0. The molecule has 66 valence electrons. The van der Waals surface area contributed by atoms with Crippen LogP contribution in [0.1, 0.15) is 35.9 Å². The lowest BCUT2D eigenvalue weighted by Crippen LogP contribution is -2.22. The topological polar surface area (TPSA) is 99.0 Å². The number of anilines is 1. The van der Waals surface area contributed by atoms with Crippen LogP contribution in [0.4, 0.5) is 5.69 Å². The zero-order valence-electron chi connectivity index (χ0n) is 7.14. The second-order valence-electron chi connectivity index (χ2n) is 2.97. The number of aromatic nitrogens is 2. The van der Waals surface area contributed by atoms with Gasteiger partial charge in [-0.05, 0) is 0 Å². The normalized spacial score (nSPS) is 10.6. The largest absolute Gasteiger partial charge is 0.391 e. The Labute approximate surface area is 70.1 Å². The lowest BCUT2D eigenvalue weighted by molar-refractivity contribution is -0.452. The van der Waals surface area contributed by atoms with E-state index in [9.17, 15) is 4.79 Å². The van der Waals surface area contributed by atoms with Crippen LogP contribution in [0.5, 0.6) is 0 Å². The van der Waals surface area contributed by atoms with Crippen LogP contribution < -0.4 is 16.6 Å². The van der Waals surface area contributed by atoms with E-state index >= 15 is 0 Å². The Kier molecular flexibility index (Phi) is 2.03. The zero-order valence-corrected chi connectivity index (χ0v) is 7.14. The van der Waals surface area contributed by atoms with Crippen molar-refractivity contribution in [2.75, 3.05) is 5.73 Å². The molecule has 6 N–H and O–H groups in total. The van der Waals surface area contributed by atoms with Crippen LogP contribution in [0.25, 0.3) is 0 Å². The maximum Gasteiger partial charge on any atom is 0.318 e. The van der Waals surface area contributed by atoms with E-state index in [0.717, 1.165) is 5.69 Å². The molecule has 1 rings (SSSR count). The van der Waals surface area contributed by atoms with E-state index in [4.69, 9.17) is 11.5 Å². The average Bonchev–Trinajstić information content (AvgIpc) is 2.30. The zero-order chi connectivity index (χ0) is 9.30. The molecule has 5 nitrogen and oxygen atoms in total. The molecule has 0 aliphatic carbocycles. The Bertz CT molecular complexity index is 302. The van der Waals surface area contributed by atoms with Crippen molar-refractivity contribution in [3.8, 4) is 0 Å². The monoisotopic (exact) mass is 169 g/mol. The lowest BCUT2D eigenvalue weighted by Gasteiger charge is -1.97. The number of nitrogens with two attached hydrogens (primary N) is 2. The highest BCUT2D eigenvalue weighted by Gasteiger charge is 2.22. The summed E-state index contributed by atoms with van der Waals surface area (Å²) in [7, 11) is 0. The SMILES string of the molecule is CC(C)c1[nH][nH+]c(C(N)=O)c1N. The number of rotatable bonds is 2. The summed E-state index contributed by atoms with van der Waals surface area (Å²) >= 11 is 0. The summed E-state index contributed by atoms with van der Waals surface area (Å²) in [6.45, 7) is 3.95. The predicted octanol–water partition coefficient (Wildman–Crippen LogP) is -0.367. The van der Waals surface area contributed by atoms with E-state index < -0.39 is 5.91 Å². The molecule has 0 bridgehead atoms. The number of hydrogen-bond donors (Lipinski definition) is 3. The third kappa shape index (κ3) is 1.25. The molecular weight excluding hydrogens is 156 g/mol. The summed E-state index contributed by atoms with van der Waals surface area (Å²) in [5.74, 6) is -0.301. The van der Waals surface area contributed by atoms with Crippen molar-refractivity contribution >= 4 is 11.6 Å². The van der Waals surface area contributed by atoms with Crippen LogP contribution in [0, 0.1) is 0 Å². The summed E-state index contributed by atoms with van der Waals surface area (Å²) in [5.41, 5.74) is 12.2. The maximum absolute atomic E-state index is 10.7.